The fourth-order valence-electron chi connectivity index (χ4n) is 2.99. The number of aryl methyl sites for hydroxylation is 1. The second-order valence-electron chi connectivity index (χ2n) is 6.83. The third-order valence-corrected chi connectivity index (χ3v) is 4.75. The number of hydrogen-bond acceptors (Lipinski definition) is 3. The van der Waals surface area contributed by atoms with E-state index in [1.54, 1.807) is 0 Å². The van der Waals surface area contributed by atoms with Crippen LogP contribution in [-0.2, 0) is 4.79 Å². The molecule has 128 valence electrons. The van der Waals surface area contributed by atoms with Crippen LogP contribution in [0.3, 0.4) is 0 Å². The van der Waals surface area contributed by atoms with E-state index in [2.05, 4.69) is 37.4 Å². The quantitative estimate of drug-likeness (QED) is 0.907. The summed E-state index contributed by atoms with van der Waals surface area (Å²) in [6.45, 7) is 9.82. The number of piperidine rings is 1. The molecular formula is C19H30N2O2. The molecule has 1 aromatic carbocycles. The molecule has 1 aliphatic heterocycles. The summed E-state index contributed by atoms with van der Waals surface area (Å²) in [7, 11) is 1.98. The molecule has 1 unspecified atom stereocenters. The van der Waals surface area contributed by atoms with E-state index in [0.29, 0.717) is 12.0 Å². The van der Waals surface area contributed by atoms with E-state index in [1.807, 2.05) is 25.8 Å². The van der Waals surface area contributed by atoms with Gasteiger partial charge in [0.2, 0.25) is 0 Å². The summed E-state index contributed by atoms with van der Waals surface area (Å²) in [5.41, 5.74) is 2.31. The minimum absolute atomic E-state index is 0.0916. The average molecular weight is 318 g/mol. The zero-order chi connectivity index (χ0) is 17.0. The Bertz CT molecular complexity index is 534. The maximum absolute atomic E-state index is 12.6. The second kappa shape index (κ2) is 7.82. The SMILES string of the molecule is CNC1CCN(C(=O)C(C)Oc2cc(C(C)C)ccc2C)CC1. The zero-order valence-corrected chi connectivity index (χ0v) is 15.1. The van der Waals surface area contributed by atoms with Gasteiger partial charge in [-0.05, 0) is 56.8 Å². The maximum atomic E-state index is 12.6. The zero-order valence-electron chi connectivity index (χ0n) is 15.1. The van der Waals surface area contributed by atoms with Gasteiger partial charge in [-0.25, -0.2) is 0 Å². The van der Waals surface area contributed by atoms with Crippen LogP contribution in [0.1, 0.15) is 50.7 Å². The van der Waals surface area contributed by atoms with Crippen LogP contribution in [0, 0.1) is 6.92 Å². The Hall–Kier alpha value is -1.55. The Kier molecular flexibility index (Phi) is 6.05. The van der Waals surface area contributed by atoms with Crippen molar-refractivity contribution in [3.63, 3.8) is 0 Å². The molecule has 1 aliphatic rings. The normalized spacial score (nSPS) is 17.4. The molecule has 1 aromatic rings. The lowest BCUT2D eigenvalue weighted by Crippen LogP contribution is -2.48. The molecule has 0 saturated carbocycles. The minimum atomic E-state index is -0.442. The lowest BCUT2D eigenvalue weighted by Gasteiger charge is -2.33. The number of likely N-dealkylation sites (tertiary alicyclic amines) is 1. The van der Waals surface area contributed by atoms with Crippen molar-refractivity contribution in [1.82, 2.24) is 10.2 Å². The van der Waals surface area contributed by atoms with Gasteiger partial charge in [0.25, 0.3) is 5.91 Å². The third kappa shape index (κ3) is 4.47. The highest BCUT2D eigenvalue weighted by molar-refractivity contribution is 5.81. The van der Waals surface area contributed by atoms with E-state index < -0.39 is 6.10 Å². The Balaban J connectivity index is 2.00. The summed E-state index contributed by atoms with van der Waals surface area (Å²) in [5.74, 6) is 1.36. The first-order chi connectivity index (χ1) is 10.9. The van der Waals surface area contributed by atoms with Crippen LogP contribution in [0.5, 0.6) is 5.75 Å². The summed E-state index contributed by atoms with van der Waals surface area (Å²) in [5, 5.41) is 3.29. The van der Waals surface area contributed by atoms with Gasteiger partial charge < -0.3 is 15.0 Å². The number of carbonyl (C=O) groups is 1. The minimum Gasteiger partial charge on any atom is -0.481 e. The largest absolute Gasteiger partial charge is 0.481 e. The molecule has 0 bridgehead atoms. The molecule has 0 aromatic heterocycles. The van der Waals surface area contributed by atoms with Crippen LogP contribution >= 0.6 is 0 Å². The van der Waals surface area contributed by atoms with Gasteiger partial charge in [0, 0.05) is 19.1 Å². The van der Waals surface area contributed by atoms with Crippen molar-refractivity contribution in [2.45, 2.75) is 58.6 Å². The molecule has 4 nitrogen and oxygen atoms in total. The Morgan fingerprint density at radius 3 is 2.48 bits per heavy atom. The molecule has 23 heavy (non-hydrogen) atoms. The van der Waals surface area contributed by atoms with Gasteiger partial charge in [-0.3, -0.25) is 4.79 Å². The lowest BCUT2D eigenvalue weighted by molar-refractivity contribution is -0.139. The van der Waals surface area contributed by atoms with Crippen molar-refractivity contribution < 1.29 is 9.53 Å². The molecule has 1 amide bonds. The number of rotatable bonds is 5. The van der Waals surface area contributed by atoms with Crippen LogP contribution in [0.25, 0.3) is 0 Å². The highest BCUT2D eigenvalue weighted by Crippen LogP contribution is 2.25. The van der Waals surface area contributed by atoms with Crippen LogP contribution in [0.15, 0.2) is 18.2 Å². The fraction of sp³-hybridized carbons (Fsp3) is 0.632. The van der Waals surface area contributed by atoms with Crippen LogP contribution < -0.4 is 10.1 Å². The van der Waals surface area contributed by atoms with Gasteiger partial charge in [-0.1, -0.05) is 26.0 Å². The van der Waals surface area contributed by atoms with E-state index in [1.165, 1.54) is 5.56 Å². The highest BCUT2D eigenvalue weighted by atomic mass is 16.5. The van der Waals surface area contributed by atoms with E-state index in [4.69, 9.17) is 4.74 Å². The van der Waals surface area contributed by atoms with E-state index in [-0.39, 0.29) is 5.91 Å². The van der Waals surface area contributed by atoms with Gasteiger partial charge in [0.15, 0.2) is 6.10 Å². The first-order valence-electron chi connectivity index (χ1n) is 8.65. The monoisotopic (exact) mass is 318 g/mol. The number of nitrogens with zero attached hydrogens (tertiary/aromatic N) is 1. The molecular weight excluding hydrogens is 288 g/mol. The van der Waals surface area contributed by atoms with Crippen LogP contribution in [0.2, 0.25) is 0 Å². The average Bonchev–Trinajstić information content (AvgIpc) is 2.56. The molecule has 1 atom stereocenters. The highest BCUT2D eigenvalue weighted by Gasteiger charge is 2.26. The maximum Gasteiger partial charge on any atom is 0.263 e. The molecule has 1 saturated heterocycles. The molecule has 1 fully saturated rings. The lowest BCUT2D eigenvalue weighted by atomic mass is 10.0. The number of benzene rings is 1. The summed E-state index contributed by atoms with van der Waals surface area (Å²) in [6, 6.07) is 6.79. The van der Waals surface area contributed by atoms with Gasteiger partial charge >= 0.3 is 0 Å². The first kappa shape index (κ1) is 17.8. The number of amides is 1. The standard InChI is InChI=1S/C19H30N2O2/c1-13(2)16-7-6-14(3)18(12-16)23-15(4)19(22)21-10-8-17(20-5)9-11-21/h6-7,12-13,15,17,20H,8-11H2,1-5H3. The second-order valence-corrected chi connectivity index (χ2v) is 6.83. The van der Waals surface area contributed by atoms with Crippen LogP contribution in [-0.4, -0.2) is 43.1 Å². The number of nitrogens with one attached hydrogen (secondary N) is 1. The fourth-order valence-corrected chi connectivity index (χ4v) is 2.99. The molecule has 4 heteroatoms. The van der Waals surface area contributed by atoms with Crippen molar-refractivity contribution in [3.05, 3.63) is 29.3 Å². The smallest absolute Gasteiger partial charge is 0.263 e. The number of hydrogen-bond donors (Lipinski definition) is 1. The van der Waals surface area contributed by atoms with Crippen LogP contribution in [0.4, 0.5) is 0 Å². The van der Waals surface area contributed by atoms with Crippen molar-refractivity contribution in [3.8, 4) is 5.75 Å². The summed E-state index contributed by atoms with van der Waals surface area (Å²) in [4.78, 5) is 14.5. The van der Waals surface area contributed by atoms with E-state index in [9.17, 15) is 4.79 Å². The predicted octanol–water partition coefficient (Wildman–Crippen LogP) is 3.10. The Morgan fingerprint density at radius 2 is 1.91 bits per heavy atom. The molecule has 0 spiro atoms. The molecule has 1 heterocycles. The summed E-state index contributed by atoms with van der Waals surface area (Å²) < 4.78 is 6.00. The van der Waals surface area contributed by atoms with Gasteiger partial charge in [0.05, 0.1) is 0 Å². The first-order valence-corrected chi connectivity index (χ1v) is 8.65. The molecule has 2 rings (SSSR count). The number of carbonyl (C=O) groups excluding carboxylic acids is 1. The molecule has 1 N–H and O–H groups in total. The van der Waals surface area contributed by atoms with E-state index in [0.717, 1.165) is 37.2 Å². The van der Waals surface area contributed by atoms with E-state index >= 15 is 0 Å². The predicted molar refractivity (Wildman–Crippen MR) is 94.0 cm³/mol. The molecule has 0 aliphatic carbocycles. The Labute approximate surface area is 140 Å². The van der Waals surface area contributed by atoms with Crippen molar-refractivity contribution >= 4 is 5.91 Å². The van der Waals surface area contributed by atoms with Gasteiger partial charge in [-0.2, -0.15) is 0 Å². The van der Waals surface area contributed by atoms with Gasteiger partial charge in [-0.15, -0.1) is 0 Å². The van der Waals surface area contributed by atoms with Crippen molar-refractivity contribution in [1.29, 1.82) is 0 Å². The van der Waals surface area contributed by atoms with Crippen molar-refractivity contribution in [2.24, 2.45) is 0 Å². The number of ether oxygens (including phenoxy) is 1. The third-order valence-electron chi connectivity index (χ3n) is 4.75. The molecule has 0 radical (unpaired) electrons. The van der Waals surface area contributed by atoms with Crippen molar-refractivity contribution in [2.75, 3.05) is 20.1 Å². The topological polar surface area (TPSA) is 41.6 Å². The van der Waals surface area contributed by atoms with Gasteiger partial charge in [0.1, 0.15) is 5.75 Å². The summed E-state index contributed by atoms with van der Waals surface area (Å²) in [6.07, 6.45) is 1.58. The Morgan fingerprint density at radius 1 is 1.26 bits per heavy atom. The summed E-state index contributed by atoms with van der Waals surface area (Å²) >= 11 is 0.